The fraction of sp³-hybridized carbons (Fsp3) is 0.211. The van der Waals surface area contributed by atoms with E-state index >= 15 is 0 Å². The lowest BCUT2D eigenvalue weighted by Crippen LogP contribution is -3.06. The van der Waals surface area contributed by atoms with Crippen molar-refractivity contribution in [2.75, 3.05) is 14.2 Å². The number of nitrogens with one attached hydrogen (secondary N) is 1. The van der Waals surface area contributed by atoms with E-state index in [1.165, 1.54) is 17.0 Å². The molecule has 0 radical (unpaired) electrons. The third-order valence-corrected chi connectivity index (χ3v) is 4.36. The van der Waals surface area contributed by atoms with Crippen molar-refractivity contribution in [1.82, 2.24) is 4.98 Å². The smallest absolute Gasteiger partial charge is 0.250 e. The minimum atomic E-state index is -0.268. The lowest BCUT2D eigenvalue weighted by molar-refractivity contribution is -0.909. The summed E-state index contributed by atoms with van der Waals surface area (Å²) in [5.74, 6) is 1.88. The first-order valence-electron chi connectivity index (χ1n) is 7.89. The Labute approximate surface area is 154 Å². The van der Waals surface area contributed by atoms with Crippen molar-refractivity contribution in [3.05, 3.63) is 70.4 Å². The van der Waals surface area contributed by atoms with Crippen LogP contribution in [0.15, 0.2) is 57.6 Å². The van der Waals surface area contributed by atoms with Gasteiger partial charge in [-0.15, -0.1) is 0 Å². The second kappa shape index (κ2) is 7.80. The summed E-state index contributed by atoms with van der Waals surface area (Å²) in [7, 11) is 3.74. The normalized spacial score (nSPS) is 12.2. The Morgan fingerprint density at radius 1 is 1.16 bits per heavy atom. The molecule has 1 atom stereocenters. The minimum Gasteiger partial charge on any atom is -0.496 e. The SMILES string of the molecule is COc1ccc(Br)cc1C[NH+](C)Cc1ncc(-c2ccc(F)cc2)o1. The van der Waals surface area contributed by atoms with E-state index in [-0.39, 0.29) is 5.82 Å². The summed E-state index contributed by atoms with van der Waals surface area (Å²) in [6, 6.07) is 12.2. The van der Waals surface area contributed by atoms with Gasteiger partial charge in [-0.25, -0.2) is 9.37 Å². The Bertz CT molecular complexity index is 849. The standard InChI is InChI=1S/C19H18BrFN2O2/c1-23(11-14-9-15(20)5-8-17(14)24-2)12-19-22-10-18(25-19)13-3-6-16(21)7-4-13/h3-10H,11-12H2,1-2H3/p+1. The van der Waals surface area contributed by atoms with Gasteiger partial charge in [0.15, 0.2) is 12.3 Å². The average molecular weight is 406 g/mol. The van der Waals surface area contributed by atoms with Gasteiger partial charge >= 0.3 is 0 Å². The monoisotopic (exact) mass is 405 g/mol. The quantitative estimate of drug-likeness (QED) is 0.682. The first-order valence-corrected chi connectivity index (χ1v) is 8.69. The van der Waals surface area contributed by atoms with E-state index in [1.54, 1.807) is 25.4 Å². The van der Waals surface area contributed by atoms with Gasteiger partial charge in [0.1, 0.15) is 18.1 Å². The van der Waals surface area contributed by atoms with Crippen LogP contribution in [0.2, 0.25) is 0 Å². The molecule has 0 saturated carbocycles. The van der Waals surface area contributed by atoms with Crippen LogP contribution in [0.3, 0.4) is 0 Å². The molecule has 3 aromatic rings. The summed E-state index contributed by atoms with van der Waals surface area (Å²) in [4.78, 5) is 5.55. The lowest BCUT2D eigenvalue weighted by atomic mass is 10.2. The first kappa shape index (κ1) is 17.6. The number of hydrogen-bond acceptors (Lipinski definition) is 3. The van der Waals surface area contributed by atoms with Gasteiger partial charge in [0.05, 0.1) is 20.4 Å². The molecule has 0 bridgehead atoms. The molecule has 3 rings (SSSR count). The number of quaternary nitrogens is 1. The highest BCUT2D eigenvalue weighted by molar-refractivity contribution is 9.10. The predicted molar refractivity (Wildman–Crippen MR) is 96.9 cm³/mol. The lowest BCUT2D eigenvalue weighted by Gasteiger charge is -2.14. The molecule has 0 fully saturated rings. The molecule has 25 heavy (non-hydrogen) atoms. The molecule has 0 saturated heterocycles. The number of halogens is 2. The number of hydrogen-bond donors (Lipinski definition) is 1. The molecule has 0 aliphatic carbocycles. The van der Waals surface area contributed by atoms with Crippen molar-refractivity contribution >= 4 is 15.9 Å². The van der Waals surface area contributed by atoms with E-state index < -0.39 is 0 Å². The number of nitrogens with zero attached hydrogens (tertiary/aromatic N) is 1. The molecule has 1 unspecified atom stereocenters. The number of benzene rings is 2. The van der Waals surface area contributed by atoms with Gasteiger partial charge in [0.2, 0.25) is 0 Å². The predicted octanol–water partition coefficient (Wildman–Crippen LogP) is 3.47. The highest BCUT2D eigenvalue weighted by atomic mass is 79.9. The fourth-order valence-corrected chi connectivity index (χ4v) is 3.08. The van der Waals surface area contributed by atoms with E-state index in [0.717, 1.165) is 27.9 Å². The maximum absolute atomic E-state index is 13.0. The summed E-state index contributed by atoms with van der Waals surface area (Å²) in [6.45, 7) is 1.41. The van der Waals surface area contributed by atoms with Gasteiger partial charge in [-0.05, 0) is 42.5 Å². The summed E-state index contributed by atoms with van der Waals surface area (Å²) in [5.41, 5.74) is 1.92. The van der Waals surface area contributed by atoms with Crippen LogP contribution < -0.4 is 9.64 Å². The molecule has 6 heteroatoms. The van der Waals surface area contributed by atoms with Crippen LogP contribution in [0.5, 0.6) is 5.75 Å². The minimum absolute atomic E-state index is 0.268. The van der Waals surface area contributed by atoms with Crippen LogP contribution in [-0.4, -0.2) is 19.1 Å². The van der Waals surface area contributed by atoms with Crippen LogP contribution in [0, 0.1) is 5.82 Å². The van der Waals surface area contributed by atoms with Crippen LogP contribution >= 0.6 is 15.9 Å². The number of rotatable bonds is 6. The Morgan fingerprint density at radius 2 is 1.92 bits per heavy atom. The number of ether oxygens (including phenoxy) is 1. The summed E-state index contributed by atoms with van der Waals surface area (Å²) in [5, 5.41) is 0. The number of oxazole rings is 1. The molecule has 0 amide bonds. The molecule has 0 spiro atoms. The van der Waals surface area contributed by atoms with E-state index in [9.17, 15) is 4.39 Å². The Kier molecular flexibility index (Phi) is 5.50. The van der Waals surface area contributed by atoms with E-state index in [4.69, 9.17) is 9.15 Å². The van der Waals surface area contributed by atoms with E-state index in [1.807, 2.05) is 12.1 Å². The van der Waals surface area contributed by atoms with Crippen LogP contribution in [-0.2, 0) is 13.1 Å². The number of methoxy groups -OCH3 is 1. The molecule has 130 valence electrons. The summed E-state index contributed by atoms with van der Waals surface area (Å²) >= 11 is 3.49. The Balaban J connectivity index is 1.68. The van der Waals surface area contributed by atoms with Crippen molar-refractivity contribution in [1.29, 1.82) is 0 Å². The molecule has 1 heterocycles. The highest BCUT2D eigenvalue weighted by Gasteiger charge is 2.14. The second-order valence-corrected chi connectivity index (χ2v) is 6.81. The van der Waals surface area contributed by atoms with E-state index in [2.05, 4.69) is 34.0 Å². The highest BCUT2D eigenvalue weighted by Crippen LogP contribution is 2.22. The molecular formula is C19H19BrFN2O2+. The maximum Gasteiger partial charge on any atom is 0.250 e. The second-order valence-electron chi connectivity index (χ2n) is 5.89. The average Bonchev–Trinajstić information content (AvgIpc) is 3.04. The van der Waals surface area contributed by atoms with E-state index in [0.29, 0.717) is 18.2 Å². The molecule has 1 aromatic heterocycles. The molecule has 4 nitrogen and oxygen atoms in total. The maximum atomic E-state index is 13.0. The van der Waals surface area contributed by atoms with Crippen molar-refractivity contribution in [3.63, 3.8) is 0 Å². The van der Waals surface area contributed by atoms with Crippen LogP contribution in [0.4, 0.5) is 4.39 Å². The Morgan fingerprint density at radius 3 is 2.64 bits per heavy atom. The van der Waals surface area contributed by atoms with Crippen molar-refractivity contribution in [2.45, 2.75) is 13.1 Å². The largest absolute Gasteiger partial charge is 0.496 e. The third-order valence-electron chi connectivity index (χ3n) is 3.87. The van der Waals surface area contributed by atoms with Crippen LogP contribution in [0.25, 0.3) is 11.3 Å². The summed E-state index contributed by atoms with van der Waals surface area (Å²) < 4.78 is 25.3. The van der Waals surface area contributed by atoms with Gasteiger partial charge in [0, 0.05) is 15.6 Å². The van der Waals surface area contributed by atoms with Crippen LogP contribution in [0.1, 0.15) is 11.5 Å². The van der Waals surface area contributed by atoms with Crippen molar-refractivity contribution in [3.8, 4) is 17.1 Å². The fourth-order valence-electron chi connectivity index (χ4n) is 2.67. The molecule has 2 aromatic carbocycles. The van der Waals surface area contributed by atoms with Crippen molar-refractivity contribution in [2.24, 2.45) is 0 Å². The van der Waals surface area contributed by atoms with Gasteiger partial charge < -0.3 is 14.1 Å². The Hall–Kier alpha value is -2.18. The molecule has 0 aliphatic heterocycles. The van der Waals surface area contributed by atoms with Crippen molar-refractivity contribution < 1.29 is 18.4 Å². The van der Waals surface area contributed by atoms with Gasteiger partial charge in [-0.1, -0.05) is 15.9 Å². The zero-order valence-electron chi connectivity index (χ0n) is 14.1. The zero-order valence-corrected chi connectivity index (χ0v) is 15.6. The number of aromatic nitrogens is 1. The zero-order chi connectivity index (χ0) is 17.8. The third kappa shape index (κ3) is 4.46. The molecule has 0 aliphatic rings. The molecule has 1 N–H and O–H groups in total. The topological polar surface area (TPSA) is 39.7 Å². The van der Waals surface area contributed by atoms with Gasteiger partial charge in [-0.3, -0.25) is 0 Å². The van der Waals surface area contributed by atoms with Gasteiger partial charge in [0.25, 0.3) is 5.89 Å². The first-order chi connectivity index (χ1) is 12.0. The molecular weight excluding hydrogens is 387 g/mol. The van der Waals surface area contributed by atoms with Gasteiger partial charge in [-0.2, -0.15) is 0 Å². The summed E-state index contributed by atoms with van der Waals surface area (Å²) in [6.07, 6.45) is 1.68.